The third-order valence-electron chi connectivity index (χ3n) is 3.54. The van der Waals surface area contributed by atoms with E-state index in [-0.39, 0.29) is 11.4 Å². The highest BCUT2D eigenvalue weighted by atomic mass is 16.7. The Morgan fingerprint density at radius 1 is 1.29 bits per heavy atom. The van der Waals surface area contributed by atoms with E-state index >= 15 is 0 Å². The molecular formula is C10H16O4. The van der Waals surface area contributed by atoms with Crippen LogP contribution in [-0.4, -0.2) is 37.5 Å². The summed E-state index contributed by atoms with van der Waals surface area (Å²) in [6.45, 7) is 6.98. The minimum atomic E-state index is -0.818. The van der Waals surface area contributed by atoms with Gasteiger partial charge >= 0.3 is 5.97 Å². The van der Waals surface area contributed by atoms with E-state index in [9.17, 15) is 4.79 Å². The van der Waals surface area contributed by atoms with Crippen LogP contribution in [0.2, 0.25) is 0 Å². The standard InChI is InChI=1S/C10H16O4/c1-8(2)5-13-6-10(8)9(3,14-10)7(11)12-4/h5-6H2,1-4H3. The van der Waals surface area contributed by atoms with E-state index in [1.165, 1.54) is 7.11 Å². The first-order valence-corrected chi connectivity index (χ1v) is 4.76. The number of methoxy groups -OCH3 is 1. The molecule has 14 heavy (non-hydrogen) atoms. The van der Waals surface area contributed by atoms with Crippen LogP contribution in [0.1, 0.15) is 20.8 Å². The molecule has 0 aliphatic carbocycles. The van der Waals surface area contributed by atoms with Crippen molar-refractivity contribution < 1.29 is 19.0 Å². The first kappa shape index (κ1) is 9.93. The van der Waals surface area contributed by atoms with E-state index in [1.54, 1.807) is 6.92 Å². The number of epoxide rings is 1. The average molecular weight is 200 g/mol. The van der Waals surface area contributed by atoms with Gasteiger partial charge in [0.1, 0.15) is 5.60 Å². The van der Waals surface area contributed by atoms with Gasteiger partial charge in [-0.3, -0.25) is 0 Å². The molecule has 2 heterocycles. The van der Waals surface area contributed by atoms with Crippen LogP contribution in [-0.2, 0) is 19.0 Å². The summed E-state index contributed by atoms with van der Waals surface area (Å²) in [6, 6.07) is 0. The molecule has 80 valence electrons. The first-order valence-electron chi connectivity index (χ1n) is 4.76. The van der Waals surface area contributed by atoms with Gasteiger partial charge in [0.2, 0.25) is 0 Å². The Balaban J connectivity index is 2.27. The molecule has 0 saturated carbocycles. The summed E-state index contributed by atoms with van der Waals surface area (Å²) in [6.07, 6.45) is 0. The van der Waals surface area contributed by atoms with Crippen molar-refractivity contribution >= 4 is 5.97 Å². The molecule has 2 atom stereocenters. The summed E-state index contributed by atoms with van der Waals surface area (Å²) < 4.78 is 15.8. The molecule has 0 radical (unpaired) electrons. The van der Waals surface area contributed by atoms with Crippen LogP contribution < -0.4 is 0 Å². The predicted molar refractivity (Wildman–Crippen MR) is 48.8 cm³/mol. The van der Waals surface area contributed by atoms with E-state index in [0.29, 0.717) is 13.2 Å². The van der Waals surface area contributed by atoms with Crippen LogP contribution in [0.5, 0.6) is 0 Å². The van der Waals surface area contributed by atoms with Crippen molar-refractivity contribution in [1.29, 1.82) is 0 Å². The molecule has 2 fully saturated rings. The van der Waals surface area contributed by atoms with Crippen LogP contribution in [0.15, 0.2) is 0 Å². The van der Waals surface area contributed by atoms with Crippen LogP contribution in [0, 0.1) is 5.41 Å². The number of carbonyl (C=O) groups excluding carboxylic acids is 1. The summed E-state index contributed by atoms with van der Waals surface area (Å²) >= 11 is 0. The Morgan fingerprint density at radius 2 is 1.93 bits per heavy atom. The molecule has 1 spiro atoms. The average Bonchev–Trinajstić information content (AvgIpc) is 2.62. The van der Waals surface area contributed by atoms with Crippen molar-refractivity contribution in [2.75, 3.05) is 20.3 Å². The number of carbonyl (C=O) groups is 1. The molecule has 0 aromatic rings. The summed E-state index contributed by atoms with van der Waals surface area (Å²) in [5, 5.41) is 0. The SMILES string of the molecule is COC(=O)C1(C)OC12COCC2(C)C. The monoisotopic (exact) mass is 200 g/mol. The van der Waals surface area contributed by atoms with E-state index < -0.39 is 11.2 Å². The van der Waals surface area contributed by atoms with Crippen molar-refractivity contribution in [3.63, 3.8) is 0 Å². The van der Waals surface area contributed by atoms with Crippen molar-refractivity contribution in [3.8, 4) is 0 Å². The molecular weight excluding hydrogens is 184 g/mol. The minimum absolute atomic E-state index is 0.129. The Kier molecular flexibility index (Phi) is 1.77. The fourth-order valence-corrected chi connectivity index (χ4v) is 2.44. The Hall–Kier alpha value is -0.610. The molecule has 4 heteroatoms. The zero-order chi connectivity index (χ0) is 10.6. The third-order valence-corrected chi connectivity index (χ3v) is 3.54. The molecule has 2 saturated heterocycles. The Labute approximate surface area is 83.5 Å². The molecule has 0 aromatic heterocycles. The second-order valence-electron chi connectivity index (χ2n) is 4.83. The van der Waals surface area contributed by atoms with Gasteiger partial charge in [-0.15, -0.1) is 0 Å². The molecule has 4 nitrogen and oxygen atoms in total. The summed E-state index contributed by atoms with van der Waals surface area (Å²) in [5.74, 6) is -0.309. The van der Waals surface area contributed by atoms with E-state index in [2.05, 4.69) is 0 Å². The maximum Gasteiger partial charge on any atom is 0.341 e. The second kappa shape index (κ2) is 2.49. The largest absolute Gasteiger partial charge is 0.467 e. The summed E-state index contributed by atoms with van der Waals surface area (Å²) in [5.41, 5.74) is -1.43. The van der Waals surface area contributed by atoms with Gasteiger partial charge in [-0.2, -0.15) is 0 Å². The lowest BCUT2D eigenvalue weighted by atomic mass is 9.75. The maximum absolute atomic E-state index is 11.5. The lowest BCUT2D eigenvalue weighted by Gasteiger charge is -2.23. The van der Waals surface area contributed by atoms with Gasteiger partial charge in [0, 0.05) is 5.41 Å². The summed E-state index contributed by atoms with van der Waals surface area (Å²) in [4.78, 5) is 11.5. The highest BCUT2D eigenvalue weighted by molar-refractivity contribution is 5.84. The lowest BCUT2D eigenvalue weighted by molar-refractivity contribution is -0.146. The van der Waals surface area contributed by atoms with Crippen LogP contribution in [0.4, 0.5) is 0 Å². The number of hydrogen-bond donors (Lipinski definition) is 0. The molecule has 2 aliphatic rings. The Morgan fingerprint density at radius 3 is 2.36 bits per heavy atom. The molecule has 2 unspecified atom stereocenters. The van der Waals surface area contributed by atoms with Gasteiger partial charge in [-0.05, 0) is 6.92 Å². The normalized spacial score (nSPS) is 44.0. The van der Waals surface area contributed by atoms with Gasteiger partial charge in [0.25, 0.3) is 0 Å². The fraction of sp³-hybridized carbons (Fsp3) is 0.900. The highest BCUT2D eigenvalue weighted by Gasteiger charge is 2.80. The fourth-order valence-electron chi connectivity index (χ4n) is 2.44. The van der Waals surface area contributed by atoms with Crippen LogP contribution in [0.3, 0.4) is 0 Å². The number of esters is 1. The maximum atomic E-state index is 11.5. The van der Waals surface area contributed by atoms with E-state index in [1.807, 2.05) is 13.8 Å². The van der Waals surface area contributed by atoms with Crippen molar-refractivity contribution in [1.82, 2.24) is 0 Å². The third kappa shape index (κ3) is 0.880. The second-order valence-corrected chi connectivity index (χ2v) is 4.83. The van der Waals surface area contributed by atoms with E-state index in [4.69, 9.17) is 14.2 Å². The molecule has 0 aromatic carbocycles. The van der Waals surface area contributed by atoms with E-state index in [0.717, 1.165) is 0 Å². The van der Waals surface area contributed by atoms with Crippen molar-refractivity contribution in [2.24, 2.45) is 5.41 Å². The van der Waals surface area contributed by atoms with Gasteiger partial charge < -0.3 is 14.2 Å². The predicted octanol–water partition coefficient (Wildman–Crippen LogP) is 0.743. The number of hydrogen-bond acceptors (Lipinski definition) is 4. The zero-order valence-corrected chi connectivity index (χ0v) is 9.05. The molecule has 2 rings (SSSR count). The van der Waals surface area contributed by atoms with Gasteiger partial charge in [0.15, 0.2) is 5.60 Å². The zero-order valence-electron chi connectivity index (χ0n) is 9.05. The van der Waals surface area contributed by atoms with Crippen molar-refractivity contribution in [2.45, 2.75) is 32.0 Å². The topological polar surface area (TPSA) is 48.1 Å². The smallest absolute Gasteiger partial charge is 0.341 e. The van der Waals surface area contributed by atoms with Crippen LogP contribution >= 0.6 is 0 Å². The summed E-state index contributed by atoms with van der Waals surface area (Å²) in [7, 11) is 1.38. The molecule has 0 bridgehead atoms. The highest BCUT2D eigenvalue weighted by Crippen LogP contribution is 2.61. The number of rotatable bonds is 1. The van der Waals surface area contributed by atoms with Crippen molar-refractivity contribution in [3.05, 3.63) is 0 Å². The quantitative estimate of drug-likeness (QED) is 0.463. The number of ether oxygens (including phenoxy) is 3. The molecule has 0 amide bonds. The Bertz CT molecular complexity index is 286. The lowest BCUT2D eigenvalue weighted by Crippen LogP contribution is -2.42. The van der Waals surface area contributed by atoms with Crippen LogP contribution in [0.25, 0.3) is 0 Å². The molecule has 2 aliphatic heterocycles. The minimum Gasteiger partial charge on any atom is -0.467 e. The van der Waals surface area contributed by atoms with Gasteiger partial charge in [-0.1, -0.05) is 13.8 Å². The van der Waals surface area contributed by atoms with Gasteiger partial charge in [0.05, 0.1) is 20.3 Å². The molecule has 0 N–H and O–H groups in total. The van der Waals surface area contributed by atoms with Gasteiger partial charge in [-0.25, -0.2) is 4.79 Å². The first-order chi connectivity index (χ1) is 6.40.